The predicted molar refractivity (Wildman–Crippen MR) is 74.4 cm³/mol. The number of halogens is 3. The first kappa shape index (κ1) is 22.0. The maximum atomic E-state index is 2.32. The molecule has 0 nitrogen and oxygen atoms in total. The molecule has 0 saturated heterocycles. The van der Waals surface area contributed by atoms with Gasteiger partial charge < -0.3 is 14.1 Å². The van der Waals surface area contributed by atoms with Crippen molar-refractivity contribution in [3.8, 4) is 11.1 Å². The zero-order chi connectivity index (χ0) is 11.7. The Bertz CT molecular complexity index is 647. The molecule has 0 unspecified atom stereocenters. The number of hydrogen-bond acceptors (Lipinski definition) is 0. The molecule has 0 fully saturated rings. The van der Waals surface area contributed by atoms with E-state index in [0.29, 0.717) is 0 Å². The number of aryl methyl sites for hydroxylation is 1. The fraction of sp³-hybridized carbons (Fsp3) is 0.118. The third kappa shape index (κ3) is 4.34. The van der Waals surface area contributed by atoms with Gasteiger partial charge in [0.05, 0.1) is 0 Å². The van der Waals surface area contributed by atoms with Crippen LogP contribution in [0.15, 0.2) is 60.7 Å². The van der Waals surface area contributed by atoms with Crippen LogP contribution in [-0.4, -0.2) is 0 Å². The van der Waals surface area contributed by atoms with E-state index >= 15 is 0 Å². The molecule has 3 aromatic carbocycles. The Morgan fingerprint density at radius 2 is 1.52 bits per heavy atom. The number of fused-ring (bicyclic) bond motifs is 1. The first-order chi connectivity index (χ1) is 8.38. The van der Waals surface area contributed by atoms with Crippen molar-refractivity contribution < 1.29 is 40.3 Å². The first-order valence-corrected chi connectivity index (χ1v) is 6.12. The summed E-state index contributed by atoms with van der Waals surface area (Å²) in [6.45, 7) is 2.20. The molecule has 0 aliphatic heterocycles. The van der Waals surface area contributed by atoms with E-state index in [1.807, 2.05) is 0 Å². The second kappa shape index (κ2) is 9.62. The normalized spacial score (nSPS) is 8.81. The Balaban J connectivity index is 0. The number of rotatable bonds is 2. The topological polar surface area (TPSA) is 0 Å². The van der Waals surface area contributed by atoms with E-state index in [4.69, 9.17) is 0 Å². The van der Waals surface area contributed by atoms with Crippen LogP contribution in [0.3, 0.4) is 0 Å². The second-order valence-corrected chi connectivity index (χ2v) is 4.39. The summed E-state index contributed by atoms with van der Waals surface area (Å²) in [5.74, 6) is 0. The Hall–Kier alpha value is -1.28. The van der Waals surface area contributed by atoms with Gasteiger partial charge >= 0.3 is 26.2 Å². The van der Waals surface area contributed by atoms with Crippen LogP contribution in [0.2, 0.25) is 0 Å². The summed E-state index contributed by atoms with van der Waals surface area (Å²) >= 11 is 0. The van der Waals surface area contributed by atoms with Gasteiger partial charge in [-0.2, -0.15) is 6.07 Å². The average molecular weight is 368 g/mol. The molecule has 0 radical (unpaired) electrons. The fourth-order valence-electron chi connectivity index (χ4n) is 2.37. The van der Waals surface area contributed by atoms with Gasteiger partial charge in [0, 0.05) is 0 Å². The molecule has 3 aromatic rings. The summed E-state index contributed by atoms with van der Waals surface area (Å²) in [6.07, 6.45) is 1.10. The molecule has 0 spiro atoms. The molecular formula is C17H15F3Zr. The summed E-state index contributed by atoms with van der Waals surface area (Å²) < 4.78 is 0. The smallest absolute Gasteiger partial charge is 1.00 e. The van der Waals surface area contributed by atoms with Crippen LogP contribution in [0.5, 0.6) is 0 Å². The van der Waals surface area contributed by atoms with Crippen LogP contribution in [0.25, 0.3) is 21.9 Å². The number of hydrogen-bond donors (Lipinski definition) is 0. The molecule has 0 saturated carbocycles. The largest absolute Gasteiger partial charge is 4.00 e. The van der Waals surface area contributed by atoms with Crippen molar-refractivity contribution in [1.29, 1.82) is 0 Å². The summed E-state index contributed by atoms with van der Waals surface area (Å²) in [5.41, 5.74) is 4.05. The quantitative estimate of drug-likeness (QED) is 0.403. The third-order valence-corrected chi connectivity index (χ3v) is 3.30. The number of benzene rings is 2. The molecule has 3 rings (SSSR count). The van der Waals surface area contributed by atoms with Crippen molar-refractivity contribution in [1.82, 2.24) is 0 Å². The molecule has 21 heavy (non-hydrogen) atoms. The van der Waals surface area contributed by atoms with Gasteiger partial charge in [0.2, 0.25) is 0 Å². The summed E-state index contributed by atoms with van der Waals surface area (Å²) in [5, 5.41) is 2.72. The Morgan fingerprint density at radius 1 is 0.857 bits per heavy atom. The van der Waals surface area contributed by atoms with Gasteiger partial charge in [-0.3, -0.25) is 0 Å². The van der Waals surface area contributed by atoms with Gasteiger partial charge in [-0.05, 0) is 12.0 Å². The zero-order valence-electron chi connectivity index (χ0n) is 11.6. The van der Waals surface area contributed by atoms with E-state index in [9.17, 15) is 0 Å². The van der Waals surface area contributed by atoms with Gasteiger partial charge in [0.1, 0.15) is 0 Å². The molecule has 4 heteroatoms. The molecular weight excluding hydrogens is 352 g/mol. The maximum Gasteiger partial charge on any atom is 4.00 e. The second-order valence-electron chi connectivity index (χ2n) is 4.39. The Kier molecular flexibility index (Phi) is 10.1. The van der Waals surface area contributed by atoms with Gasteiger partial charge in [-0.1, -0.05) is 48.9 Å². The molecule has 0 atom stereocenters. The van der Waals surface area contributed by atoms with Gasteiger partial charge in [-0.15, -0.1) is 34.5 Å². The summed E-state index contributed by atoms with van der Waals surface area (Å²) in [6, 6.07) is 21.8. The molecule has 0 aliphatic carbocycles. The van der Waals surface area contributed by atoms with Crippen molar-refractivity contribution in [3.05, 3.63) is 66.2 Å². The third-order valence-electron chi connectivity index (χ3n) is 3.30. The summed E-state index contributed by atoms with van der Waals surface area (Å²) in [7, 11) is 0. The van der Waals surface area contributed by atoms with Crippen molar-refractivity contribution in [2.45, 2.75) is 13.3 Å². The minimum Gasteiger partial charge on any atom is -1.00 e. The molecule has 108 valence electrons. The molecule has 0 aliphatic rings. The van der Waals surface area contributed by atoms with Crippen LogP contribution >= 0.6 is 0 Å². The molecule has 0 amide bonds. The zero-order valence-corrected chi connectivity index (χ0v) is 14.1. The summed E-state index contributed by atoms with van der Waals surface area (Å²) in [4.78, 5) is 0. The van der Waals surface area contributed by atoms with Gasteiger partial charge in [-0.25, -0.2) is 0 Å². The first-order valence-electron chi connectivity index (χ1n) is 6.12. The Morgan fingerprint density at radius 3 is 2.14 bits per heavy atom. The maximum absolute atomic E-state index is 2.32. The SMILES string of the molecule is CCc1cc2c(-c3ccccc3)cccc2[cH-]1.[F-].[F-].[F-].[Zr+4]. The average Bonchev–Trinajstić information content (AvgIpc) is 2.82. The van der Waals surface area contributed by atoms with E-state index in [1.165, 1.54) is 27.5 Å². The van der Waals surface area contributed by atoms with Crippen molar-refractivity contribution in [2.24, 2.45) is 0 Å². The van der Waals surface area contributed by atoms with Crippen LogP contribution in [-0.2, 0) is 32.6 Å². The van der Waals surface area contributed by atoms with Gasteiger partial charge in [0.25, 0.3) is 0 Å². The van der Waals surface area contributed by atoms with E-state index in [2.05, 4.69) is 67.6 Å². The van der Waals surface area contributed by atoms with Crippen LogP contribution in [0.4, 0.5) is 0 Å². The minimum absolute atomic E-state index is 0. The van der Waals surface area contributed by atoms with Crippen molar-refractivity contribution in [3.63, 3.8) is 0 Å². The molecule has 0 bridgehead atoms. The van der Waals surface area contributed by atoms with E-state index < -0.39 is 0 Å². The molecule has 0 N–H and O–H groups in total. The molecule has 0 heterocycles. The van der Waals surface area contributed by atoms with Crippen LogP contribution in [0, 0.1) is 0 Å². The molecule has 0 aromatic heterocycles. The van der Waals surface area contributed by atoms with Crippen LogP contribution in [0.1, 0.15) is 12.5 Å². The van der Waals surface area contributed by atoms with Crippen molar-refractivity contribution >= 4 is 10.8 Å². The van der Waals surface area contributed by atoms with Crippen molar-refractivity contribution in [2.75, 3.05) is 0 Å². The monoisotopic (exact) mass is 366 g/mol. The minimum atomic E-state index is 0. The Labute approximate surface area is 141 Å². The fourth-order valence-corrected chi connectivity index (χ4v) is 2.37. The van der Waals surface area contributed by atoms with E-state index in [1.54, 1.807) is 0 Å². The van der Waals surface area contributed by atoms with E-state index in [-0.39, 0.29) is 40.3 Å². The van der Waals surface area contributed by atoms with E-state index in [0.717, 1.165) is 6.42 Å². The van der Waals surface area contributed by atoms with Gasteiger partial charge in [0.15, 0.2) is 0 Å². The standard InChI is InChI=1S/C17H15.3FH.Zr/c1-2-13-11-15-9-6-10-16(17(15)12-13)14-7-4-3-5-8-14;;;;/h3-12H,2H2,1H3;3*1H;/q-1;;;;+4/p-3. The van der Waals surface area contributed by atoms with Crippen LogP contribution < -0.4 is 14.1 Å². The predicted octanol–water partition coefficient (Wildman–Crippen LogP) is -4.20.